The van der Waals surface area contributed by atoms with E-state index in [0.29, 0.717) is 34.3 Å². The fraction of sp³-hybridized carbons (Fsp3) is 0.148. The maximum Gasteiger partial charge on any atom is 0.270 e. The van der Waals surface area contributed by atoms with Gasteiger partial charge in [-0.1, -0.05) is 59.9 Å². The number of amides is 2. The molecule has 184 valence electrons. The van der Waals surface area contributed by atoms with Gasteiger partial charge >= 0.3 is 0 Å². The number of rotatable bonds is 8. The van der Waals surface area contributed by atoms with Gasteiger partial charge in [-0.15, -0.1) is 0 Å². The van der Waals surface area contributed by atoms with Crippen LogP contribution < -0.4 is 19.7 Å². The summed E-state index contributed by atoms with van der Waals surface area (Å²) in [6.45, 7) is 3.98. The summed E-state index contributed by atoms with van der Waals surface area (Å²) in [4.78, 5) is 26.8. The molecule has 0 spiro atoms. The van der Waals surface area contributed by atoms with E-state index in [9.17, 15) is 14.0 Å². The summed E-state index contributed by atoms with van der Waals surface area (Å²) in [7, 11) is 0. The van der Waals surface area contributed by atoms with E-state index in [-0.39, 0.29) is 22.5 Å². The van der Waals surface area contributed by atoms with Crippen LogP contribution in [-0.2, 0) is 9.59 Å². The monoisotopic (exact) mass is 522 g/mol. The van der Waals surface area contributed by atoms with E-state index in [4.69, 9.17) is 21.7 Å². The van der Waals surface area contributed by atoms with Crippen LogP contribution in [0.1, 0.15) is 18.1 Å². The van der Waals surface area contributed by atoms with E-state index in [1.807, 2.05) is 38.1 Å². The number of halogens is 1. The van der Waals surface area contributed by atoms with Crippen molar-refractivity contribution in [3.05, 3.63) is 88.6 Å². The van der Waals surface area contributed by atoms with Crippen molar-refractivity contribution in [1.82, 2.24) is 0 Å². The highest BCUT2D eigenvalue weighted by atomic mass is 32.2. The quantitative estimate of drug-likeness (QED) is 0.291. The number of hydrogen-bond donors (Lipinski definition) is 1. The van der Waals surface area contributed by atoms with Gasteiger partial charge in [-0.3, -0.25) is 14.5 Å². The predicted molar refractivity (Wildman–Crippen MR) is 145 cm³/mol. The summed E-state index contributed by atoms with van der Waals surface area (Å²) in [6, 6.07) is 18.6. The van der Waals surface area contributed by atoms with Gasteiger partial charge in [-0.05, 0) is 61.9 Å². The van der Waals surface area contributed by atoms with Crippen LogP contribution in [0.25, 0.3) is 6.08 Å². The zero-order valence-corrected chi connectivity index (χ0v) is 21.3. The first kappa shape index (κ1) is 25.4. The molecule has 2 amide bonds. The Morgan fingerprint density at radius 2 is 1.83 bits per heavy atom. The minimum Gasteiger partial charge on any atom is -0.490 e. The van der Waals surface area contributed by atoms with Crippen molar-refractivity contribution in [1.29, 1.82) is 0 Å². The normalized spacial score (nSPS) is 14.3. The fourth-order valence-corrected chi connectivity index (χ4v) is 4.72. The van der Waals surface area contributed by atoms with Crippen molar-refractivity contribution in [2.75, 3.05) is 23.4 Å². The number of benzene rings is 3. The lowest BCUT2D eigenvalue weighted by molar-refractivity contribution is -0.118. The molecule has 3 aromatic rings. The van der Waals surface area contributed by atoms with Crippen molar-refractivity contribution in [2.24, 2.45) is 0 Å². The number of aryl methyl sites for hydroxylation is 1. The Labute approximate surface area is 218 Å². The minimum absolute atomic E-state index is 0.117. The van der Waals surface area contributed by atoms with Crippen LogP contribution in [-0.4, -0.2) is 29.3 Å². The maximum atomic E-state index is 14.3. The average Bonchev–Trinajstić information content (AvgIpc) is 3.13. The molecule has 0 aliphatic carbocycles. The van der Waals surface area contributed by atoms with Gasteiger partial charge in [0.2, 0.25) is 0 Å². The predicted octanol–water partition coefficient (Wildman–Crippen LogP) is 5.96. The first-order valence-electron chi connectivity index (χ1n) is 11.1. The number of thioether (sulfide) groups is 1. The summed E-state index contributed by atoms with van der Waals surface area (Å²) in [5.41, 5.74) is 2.57. The van der Waals surface area contributed by atoms with Gasteiger partial charge in [0.1, 0.15) is 5.82 Å². The summed E-state index contributed by atoms with van der Waals surface area (Å²) in [5.74, 6) is -0.407. The number of thiocarbonyl (C=S) groups is 1. The van der Waals surface area contributed by atoms with E-state index >= 15 is 0 Å². The fourth-order valence-electron chi connectivity index (χ4n) is 3.44. The van der Waals surface area contributed by atoms with Crippen LogP contribution >= 0.6 is 24.0 Å². The number of para-hydroxylation sites is 1. The van der Waals surface area contributed by atoms with Crippen LogP contribution in [0.5, 0.6) is 11.5 Å². The molecule has 0 bridgehead atoms. The van der Waals surface area contributed by atoms with Gasteiger partial charge in [-0.2, -0.15) is 0 Å². The van der Waals surface area contributed by atoms with E-state index in [1.165, 1.54) is 17.0 Å². The van der Waals surface area contributed by atoms with Crippen LogP contribution in [0.4, 0.5) is 15.8 Å². The summed E-state index contributed by atoms with van der Waals surface area (Å²) in [6.07, 6.45) is 1.66. The highest BCUT2D eigenvalue weighted by Gasteiger charge is 2.34. The van der Waals surface area contributed by atoms with Gasteiger partial charge in [0.15, 0.2) is 22.4 Å². The zero-order chi connectivity index (χ0) is 25.7. The SMILES string of the molecule is CCOc1cc(/C=C2/SC(=S)N(c3ccccc3F)C2=O)ccc1OCC(=O)Nc1ccc(C)cc1. The molecule has 0 aromatic heterocycles. The van der Waals surface area contributed by atoms with E-state index < -0.39 is 11.7 Å². The van der Waals surface area contributed by atoms with Gasteiger partial charge < -0.3 is 14.8 Å². The van der Waals surface area contributed by atoms with Crippen molar-refractivity contribution < 1.29 is 23.5 Å². The minimum atomic E-state index is -0.526. The summed E-state index contributed by atoms with van der Waals surface area (Å²) < 4.78 is 25.9. The Balaban J connectivity index is 1.48. The number of hydrogen-bond acceptors (Lipinski definition) is 6. The van der Waals surface area contributed by atoms with Crippen LogP contribution in [0, 0.1) is 12.7 Å². The van der Waals surface area contributed by atoms with Crippen molar-refractivity contribution in [3.8, 4) is 11.5 Å². The highest BCUT2D eigenvalue weighted by molar-refractivity contribution is 8.27. The Hall–Kier alpha value is -3.69. The first-order valence-corrected chi connectivity index (χ1v) is 12.4. The smallest absolute Gasteiger partial charge is 0.270 e. The van der Waals surface area contributed by atoms with Gasteiger partial charge in [-0.25, -0.2) is 4.39 Å². The van der Waals surface area contributed by atoms with E-state index in [1.54, 1.807) is 36.4 Å². The molecule has 1 N–H and O–H groups in total. The molecule has 1 saturated heterocycles. The Morgan fingerprint density at radius 3 is 2.56 bits per heavy atom. The first-order chi connectivity index (χ1) is 17.4. The molecule has 4 rings (SSSR count). The number of ether oxygens (including phenoxy) is 2. The highest BCUT2D eigenvalue weighted by Crippen LogP contribution is 2.38. The average molecular weight is 523 g/mol. The molecule has 1 aliphatic rings. The number of carbonyl (C=O) groups is 2. The number of carbonyl (C=O) groups excluding carboxylic acids is 2. The molecule has 6 nitrogen and oxygen atoms in total. The van der Waals surface area contributed by atoms with Gasteiger partial charge in [0.05, 0.1) is 17.2 Å². The molecule has 0 saturated carbocycles. The number of anilines is 2. The largest absolute Gasteiger partial charge is 0.490 e. The molecular formula is C27H23FN2O4S2. The van der Waals surface area contributed by atoms with Crippen molar-refractivity contribution in [2.45, 2.75) is 13.8 Å². The van der Waals surface area contributed by atoms with Crippen molar-refractivity contribution in [3.63, 3.8) is 0 Å². The van der Waals surface area contributed by atoms with Gasteiger partial charge in [0.25, 0.3) is 11.8 Å². The maximum absolute atomic E-state index is 14.3. The standard InChI is InChI=1S/C27H23FN2O4S2/c1-3-33-23-14-18(10-13-22(23)34-16-25(31)29-19-11-8-17(2)9-12-19)15-24-26(32)30(27(35)36-24)21-7-5-4-6-20(21)28/h4-15H,3,16H2,1-2H3,(H,29,31)/b24-15+. The Morgan fingerprint density at radius 1 is 1.08 bits per heavy atom. The summed E-state index contributed by atoms with van der Waals surface area (Å²) >= 11 is 6.43. The Kier molecular flexibility index (Phi) is 8.02. The van der Waals surface area contributed by atoms with Crippen molar-refractivity contribution >= 4 is 57.6 Å². The molecule has 36 heavy (non-hydrogen) atoms. The van der Waals surface area contributed by atoms with Crippen LogP contribution in [0.3, 0.4) is 0 Å². The molecule has 0 atom stereocenters. The third kappa shape index (κ3) is 5.92. The van der Waals surface area contributed by atoms with E-state index in [0.717, 1.165) is 17.3 Å². The molecule has 0 radical (unpaired) electrons. The molecule has 9 heteroatoms. The molecule has 1 aliphatic heterocycles. The second kappa shape index (κ2) is 11.4. The van der Waals surface area contributed by atoms with Crippen LogP contribution in [0.2, 0.25) is 0 Å². The number of nitrogens with one attached hydrogen (secondary N) is 1. The third-order valence-electron chi connectivity index (χ3n) is 5.15. The second-order valence-corrected chi connectivity index (χ2v) is 9.49. The Bertz CT molecular complexity index is 1340. The topological polar surface area (TPSA) is 67.9 Å². The molecule has 1 fully saturated rings. The van der Waals surface area contributed by atoms with E-state index in [2.05, 4.69) is 5.32 Å². The van der Waals surface area contributed by atoms with Crippen LogP contribution in [0.15, 0.2) is 71.6 Å². The molecule has 1 heterocycles. The molecule has 3 aromatic carbocycles. The lowest BCUT2D eigenvalue weighted by atomic mass is 10.1. The third-order valence-corrected chi connectivity index (χ3v) is 6.45. The lowest BCUT2D eigenvalue weighted by Crippen LogP contribution is -2.28. The zero-order valence-electron chi connectivity index (χ0n) is 19.6. The summed E-state index contributed by atoms with van der Waals surface area (Å²) in [5, 5.41) is 2.78. The second-order valence-electron chi connectivity index (χ2n) is 7.81. The number of nitrogens with zero attached hydrogens (tertiary/aromatic N) is 1. The lowest BCUT2D eigenvalue weighted by Gasteiger charge is -2.15. The van der Waals surface area contributed by atoms with Gasteiger partial charge in [0, 0.05) is 5.69 Å². The molecular weight excluding hydrogens is 499 g/mol. The molecule has 0 unspecified atom stereocenters.